The summed E-state index contributed by atoms with van der Waals surface area (Å²) >= 11 is 0. The Kier molecular flexibility index (Phi) is 3.38. The van der Waals surface area contributed by atoms with Crippen LogP contribution in [0.2, 0.25) is 0 Å². The lowest BCUT2D eigenvalue weighted by atomic mass is 9.88. The molecule has 2 rings (SSSR count). The van der Waals surface area contributed by atoms with E-state index in [1.165, 1.54) is 0 Å². The third kappa shape index (κ3) is 2.56. The number of rotatable bonds is 3. The summed E-state index contributed by atoms with van der Waals surface area (Å²) in [7, 11) is 0. The van der Waals surface area contributed by atoms with Gasteiger partial charge in [-0.05, 0) is 19.3 Å². The van der Waals surface area contributed by atoms with Gasteiger partial charge >= 0.3 is 0 Å². The second kappa shape index (κ2) is 4.60. The van der Waals surface area contributed by atoms with Crippen molar-refractivity contribution in [3.05, 3.63) is 0 Å². The number of carbonyl (C=O) groups excluding carboxylic acids is 1. The highest BCUT2D eigenvalue weighted by Crippen LogP contribution is 2.28. The van der Waals surface area contributed by atoms with Crippen molar-refractivity contribution in [2.75, 3.05) is 32.8 Å². The largest absolute Gasteiger partial charge is 0.393 e. The number of nitrogens with zero attached hydrogens (tertiary/aromatic N) is 1. The minimum absolute atomic E-state index is 0.145. The fraction of sp³-hybridized carbons (Fsp3) is 0.909. The highest BCUT2D eigenvalue weighted by atomic mass is 16.5. The van der Waals surface area contributed by atoms with Crippen LogP contribution in [0.15, 0.2) is 0 Å². The van der Waals surface area contributed by atoms with Gasteiger partial charge in [-0.3, -0.25) is 0 Å². The smallest absolute Gasteiger partial charge is 0.129 e. The summed E-state index contributed by atoms with van der Waals surface area (Å²) in [4.78, 5) is 13.4. The Labute approximate surface area is 90.2 Å². The summed E-state index contributed by atoms with van der Waals surface area (Å²) in [5.74, 6) is 0. The van der Waals surface area contributed by atoms with Gasteiger partial charge in [0, 0.05) is 26.2 Å². The molecule has 2 saturated heterocycles. The molecule has 0 bridgehead atoms. The molecule has 0 aromatic carbocycles. The van der Waals surface area contributed by atoms with Crippen molar-refractivity contribution in [3.8, 4) is 0 Å². The van der Waals surface area contributed by atoms with E-state index in [9.17, 15) is 9.90 Å². The molecule has 0 amide bonds. The average molecular weight is 213 g/mol. The minimum atomic E-state index is -0.276. The molecule has 1 unspecified atom stereocenters. The van der Waals surface area contributed by atoms with Gasteiger partial charge in [0.05, 0.1) is 18.1 Å². The zero-order valence-corrected chi connectivity index (χ0v) is 9.02. The lowest BCUT2D eigenvalue weighted by Gasteiger charge is -2.34. The van der Waals surface area contributed by atoms with Crippen LogP contribution in [0.25, 0.3) is 0 Å². The van der Waals surface area contributed by atoms with Crippen LogP contribution in [0.1, 0.15) is 19.3 Å². The molecule has 0 aliphatic carbocycles. The Hall–Kier alpha value is -0.450. The summed E-state index contributed by atoms with van der Waals surface area (Å²) in [5.41, 5.74) is -0.276. The van der Waals surface area contributed by atoms with E-state index in [-0.39, 0.29) is 11.5 Å². The van der Waals surface area contributed by atoms with Gasteiger partial charge in [-0.15, -0.1) is 0 Å². The van der Waals surface area contributed by atoms with Crippen LogP contribution in [0, 0.1) is 5.41 Å². The molecule has 2 heterocycles. The number of hydrogen-bond acceptors (Lipinski definition) is 4. The summed E-state index contributed by atoms with van der Waals surface area (Å²) < 4.78 is 5.31. The maximum absolute atomic E-state index is 11.1. The normalized spacial score (nSPS) is 34.5. The van der Waals surface area contributed by atoms with E-state index in [0.29, 0.717) is 13.2 Å². The van der Waals surface area contributed by atoms with Crippen molar-refractivity contribution in [2.45, 2.75) is 25.4 Å². The van der Waals surface area contributed by atoms with Crippen LogP contribution in [-0.4, -0.2) is 55.2 Å². The van der Waals surface area contributed by atoms with Crippen LogP contribution in [0.4, 0.5) is 0 Å². The average Bonchev–Trinajstić information content (AvgIpc) is 2.71. The zero-order chi connectivity index (χ0) is 10.7. The third-order valence-corrected chi connectivity index (χ3v) is 3.48. The Morgan fingerprint density at radius 2 is 2.20 bits per heavy atom. The molecule has 0 aromatic rings. The van der Waals surface area contributed by atoms with Crippen molar-refractivity contribution < 1.29 is 14.6 Å². The van der Waals surface area contributed by atoms with Crippen molar-refractivity contribution in [3.63, 3.8) is 0 Å². The van der Waals surface area contributed by atoms with Crippen molar-refractivity contribution in [1.82, 2.24) is 4.90 Å². The first-order valence-electron chi connectivity index (χ1n) is 5.69. The molecule has 15 heavy (non-hydrogen) atoms. The molecule has 0 aromatic heterocycles. The Morgan fingerprint density at radius 3 is 2.73 bits per heavy atom. The number of ether oxygens (including phenoxy) is 1. The van der Waals surface area contributed by atoms with Crippen molar-refractivity contribution >= 4 is 6.29 Å². The van der Waals surface area contributed by atoms with Crippen molar-refractivity contribution in [2.24, 2.45) is 5.41 Å². The Morgan fingerprint density at radius 1 is 1.47 bits per heavy atom. The highest BCUT2D eigenvalue weighted by molar-refractivity contribution is 5.60. The second-order valence-corrected chi connectivity index (χ2v) is 4.79. The standard InChI is InChI=1S/C11H19NO3/c13-8-11(3-6-15-9-11)7-12-4-1-10(14)2-5-12/h8,10,14H,1-7,9H2. The fourth-order valence-corrected chi connectivity index (χ4v) is 2.40. The molecule has 1 atom stereocenters. The maximum Gasteiger partial charge on any atom is 0.129 e. The molecule has 2 fully saturated rings. The molecule has 86 valence electrons. The number of aliphatic hydroxyl groups excluding tert-OH is 1. The fourth-order valence-electron chi connectivity index (χ4n) is 2.40. The van der Waals surface area contributed by atoms with Gasteiger partial charge in [-0.1, -0.05) is 0 Å². The molecule has 1 N–H and O–H groups in total. The van der Waals surface area contributed by atoms with Gasteiger partial charge in [0.2, 0.25) is 0 Å². The molecule has 4 heteroatoms. The maximum atomic E-state index is 11.1. The number of carbonyl (C=O) groups is 1. The molecule has 0 radical (unpaired) electrons. The van der Waals surface area contributed by atoms with Crippen LogP contribution in [-0.2, 0) is 9.53 Å². The number of likely N-dealkylation sites (tertiary alicyclic amines) is 1. The molecule has 4 nitrogen and oxygen atoms in total. The zero-order valence-electron chi connectivity index (χ0n) is 9.02. The summed E-state index contributed by atoms with van der Waals surface area (Å²) in [6.07, 6.45) is 3.42. The van der Waals surface area contributed by atoms with E-state index >= 15 is 0 Å². The van der Waals surface area contributed by atoms with Gasteiger partial charge in [-0.2, -0.15) is 0 Å². The van der Waals surface area contributed by atoms with Crippen molar-refractivity contribution in [1.29, 1.82) is 0 Å². The first kappa shape index (κ1) is 11.0. The Bertz CT molecular complexity index is 218. The van der Waals surface area contributed by atoms with E-state index in [1.54, 1.807) is 0 Å². The van der Waals surface area contributed by atoms with Gasteiger partial charge in [0.15, 0.2) is 0 Å². The molecule has 2 aliphatic rings. The van der Waals surface area contributed by atoms with E-state index in [0.717, 1.165) is 45.2 Å². The molecule has 0 spiro atoms. The molecule has 2 aliphatic heterocycles. The van der Waals surface area contributed by atoms with Gasteiger partial charge in [-0.25, -0.2) is 0 Å². The van der Waals surface area contributed by atoms with E-state index in [4.69, 9.17) is 4.74 Å². The number of aldehydes is 1. The summed E-state index contributed by atoms with van der Waals surface area (Å²) in [6, 6.07) is 0. The SMILES string of the molecule is O=CC1(CN2CCC(O)CC2)CCOC1. The number of aliphatic hydroxyl groups is 1. The first-order chi connectivity index (χ1) is 7.24. The van der Waals surface area contributed by atoms with Crippen LogP contribution >= 0.6 is 0 Å². The number of piperidine rings is 1. The number of hydrogen-bond donors (Lipinski definition) is 1. The van der Waals surface area contributed by atoms with Crippen LogP contribution < -0.4 is 0 Å². The molecular weight excluding hydrogens is 194 g/mol. The monoisotopic (exact) mass is 213 g/mol. The lowest BCUT2D eigenvalue weighted by Crippen LogP contribution is -2.44. The topological polar surface area (TPSA) is 49.8 Å². The van der Waals surface area contributed by atoms with Gasteiger partial charge < -0.3 is 19.5 Å². The molecular formula is C11H19NO3. The van der Waals surface area contributed by atoms with E-state index in [2.05, 4.69) is 4.90 Å². The third-order valence-electron chi connectivity index (χ3n) is 3.48. The quantitative estimate of drug-likeness (QED) is 0.673. The predicted molar refractivity (Wildman–Crippen MR) is 55.6 cm³/mol. The summed E-state index contributed by atoms with van der Waals surface area (Å²) in [6.45, 7) is 3.86. The minimum Gasteiger partial charge on any atom is -0.393 e. The Balaban J connectivity index is 1.87. The van der Waals surface area contributed by atoms with Crippen LogP contribution in [0.3, 0.4) is 0 Å². The predicted octanol–water partition coefficient (Wildman–Crippen LogP) is 0.0487. The highest BCUT2D eigenvalue weighted by Gasteiger charge is 2.37. The van der Waals surface area contributed by atoms with Gasteiger partial charge in [0.1, 0.15) is 6.29 Å². The second-order valence-electron chi connectivity index (χ2n) is 4.79. The lowest BCUT2D eigenvalue weighted by molar-refractivity contribution is -0.117. The molecule has 0 saturated carbocycles. The van der Waals surface area contributed by atoms with Gasteiger partial charge in [0.25, 0.3) is 0 Å². The van der Waals surface area contributed by atoms with E-state index in [1.807, 2.05) is 0 Å². The first-order valence-corrected chi connectivity index (χ1v) is 5.69. The van der Waals surface area contributed by atoms with E-state index < -0.39 is 0 Å². The van der Waals surface area contributed by atoms with Crippen LogP contribution in [0.5, 0.6) is 0 Å². The summed E-state index contributed by atoms with van der Waals surface area (Å²) in [5, 5.41) is 9.39.